The van der Waals surface area contributed by atoms with E-state index in [0.717, 1.165) is 11.1 Å². The molecule has 1 N–H and O–H groups in total. The SMILES string of the molecule is Cn1c(=O)cc(C(N=C(c2ccccc2)c2ccccc2)C(=O)O)c2ccccc21. The number of pyridine rings is 1. The van der Waals surface area contributed by atoms with E-state index in [-0.39, 0.29) is 5.56 Å². The van der Waals surface area contributed by atoms with Crippen LogP contribution < -0.4 is 5.56 Å². The Balaban J connectivity index is 1.99. The average molecular weight is 396 g/mol. The second-order valence-electron chi connectivity index (χ2n) is 6.96. The van der Waals surface area contributed by atoms with E-state index in [1.54, 1.807) is 13.1 Å². The Hall–Kier alpha value is -3.99. The number of aliphatic carboxylic acids is 1. The van der Waals surface area contributed by atoms with Crippen molar-refractivity contribution in [1.29, 1.82) is 0 Å². The molecular weight excluding hydrogens is 376 g/mol. The van der Waals surface area contributed by atoms with Crippen LogP contribution >= 0.6 is 0 Å². The van der Waals surface area contributed by atoms with E-state index in [9.17, 15) is 14.7 Å². The number of carboxylic acids is 1. The lowest BCUT2D eigenvalue weighted by atomic mass is 9.99. The van der Waals surface area contributed by atoms with Crippen LogP contribution in [0.15, 0.2) is 101 Å². The van der Waals surface area contributed by atoms with Gasteiger partial charge in [-0.25, -0.2) is 4.79 Å². The van der Waals surface area contributed by atoms with Crippen LogP contribution in [0.25, 0.3) is 10.9 Å². The van der Waals surface area contributed by atoms with E-state index in [0.29, 0.717) is 22.2 Å². The summed E-state index contributed by atoms with van der Waals surface area (Å²) in [7, 11) is 1.67. The van der Waals surface area contributed by atoms with E-state index in [1.165, 1.54) is 10.6 Å². The van der Waals surface area contributed by atoms with E-state index in [2.05, 4.69) is 4.99 Å². The quantitative estimate of drug-likeness (QED) is 0.514. The summed E-state index contributed by atoms with van der Waals surface area (Å²) in [6.07, 6.45) is 0. The first-order valence-electron chi connectivity index (χ1n) is 9.56. The zero-order valence-electron chi connectivity index (χ0n) is 16.4. The van der Waals surface area contributed by atoms with Gasteiger partial charge in [0.1, 0.15) is 0 Å². The third kappa shape index (κ3) is 3.65. The summed E-state index contributed by atoms with van der Waals surface area (Å²) in [4.78, 5) is 29.5. The third-order valence-corrected chi connectivity index (χ3v) is 5.07. The molecule has 0 saturated carbocycles. The van der Waals surface area contributed by atoms with Crippen molar-refractivity contribution in [2.45, 2.75) is 6.04 Å². The monoisotopic (exact) mass is 396 g/mol. The van der Waals surface area contributed by atoms with Gasteiger partial charge >= 0.3 is 5.97 Å². The number of aryl methyl sites for hydroxylation is 1. The molecular formula is C25H20N2O3. The highest BCUT2D eigenvalue weighted by Crippen LogP contribution is 2.27. The van der Waals surface area contributed by atoms with Gasteiger partial charge in [-0.2, -0.15) is 0 Å². The van der Waals surface area contributed by atoms with Gasteiger partial charge in [-0.15, -0.1) is 0 Å². The molecule has 0 aliphatic carbocycles. The largest absolute Gasteiger partial charge is 0.479 e. The van der Waals surface area contributed by atoms with Crippen molar-refractivity contribution in [1.82, 2.24) is 4.57 Å². The molecule has 4 aromatic rings. The van der Waals surface area contributed by atoms with Crippen LogP contribution in [0.2, 0.25) is 0 Å². The number of rotatable bonds is 5. The predicted octanol–water partition coefficient (Wildman–Crippen LogP) is 4.20. The van der Waals surface area contributed by atoms with Gasteiger partial charge < -0.3 is 9.67 Å². The van der Waals surface area contributed by atoms with Crippen molar-refractivity contribution in [3.63, 3.8) is 0 Å². The average Bonchev–Trinajstić information content (AvgIpc) is 2.78. The van der Waals surface area contributed by atoms with E-state index in [1.807, 2.05) is 78.9 Å². The Kier molecular flexibility index (Phi) is 5.26. The first-order valence-corrected chi connectivity index (χ1v) is 9.56. The summed E-state index contributed by atoms with van der Waals surface area (Å²) in [6, 6.07) is 26.3. The summed E-state index contributed by atoms with van der Waals surface area (Å²) in [5, 5.41) is 10.8. The predicted molar refractivity (Wildman–Crippen MR) is 118 cm³/mol. The van der Waals surface area contributed by atoms with Crippen molar-refractivity contribution in [3.8, 4) is 0 Å². The molecule has 0 aliphatic heterocycles. The Morgan fingerprint density at radius 2 is 1.40 bits per heavy atom. The van der Waals surface area contributed by atoms with Crippen molar-refractivity contribution in [2.75, 3.05) is 0 Å². The van der Waals surface area contributed by atoms with Crippen molar-refractivity contribution in [2.24, 2.45) is 12.0 Å². The van der Waals surface area contributed by atoms with Crippen LogP contribution in [-0.2, 0) is 11.8 Å². The smallest absolute Gasteiger partial charge is 0.333 e. The highest BCUT2D eigenvalue weighted by atomic mass is 16.4. The molecule has 3 aromatic carbocycles. The molecule has 1 heterocycles. The van der Waals surface area contributed by atoms with Gasteiger partial charge in [0, 0.05) is 35.2 Å². The van der Waals surface area contributed by atoms with Gasteiger partial charge in [0.25, 0.3) is 5.56 Å². The molecule has 1 unspecified atom stereocenters. The minimum absolute atomic E-state index is 0.272. The second-order valence-corrected chi connectivity index (χ2v) is 6.96. The number of para-hydroxylation sites is 1. The van der Waals surface area contributed by atoms with E-state index < -0.39 is 12.0 Å². The highest BCUT2D eigenvalue weighted by Gasteiger charge is 2.24. The molecule has 0 radical (unpaired) electrons. The minimum atomic E-state index is -1.22. The van der Waals surface area contributed by atoms with Crippen LogP contribution in [0.3, 0.4) is 0 Å². The van der Waals surface area contributed by atoms with Gasteiger partial charge in [-0.3, -0.25) is 9.79 Å². The Morgan fingerprint density at radius 3 is 1.97 bits per heavy atom. The van der Waals surface area contributed by atoms with E-state index >= 15 is 0 Å². The Bertz CT molecular complexity index is 1250. The van der Waals surface area contributed by atoms with Gasteiger partial charge in [-0.05, 0) is 6.07 Å². The number of benzene rings is 3. The van der Waals surface area contributed by atoms with Crippen molar-refractivity contribution in [3.05, 3.63) is 118 Å². The van der Waals surface area contributed by atoms with Crippen LogP contribution in [-0.4, -0.2) is 21.4 Å². The lowest BCUT2D eigenvalue weighted by Crippen LogP contribution is -2.21. The first-order chi connectivity index (χ1) is 14.6. The van der Waals surface area contributed by atoms with Crippen LogP contribution in [0.4, 0.5) is 0 Å². The number of fused-ring (bicyclic) bond motifs is 1. The fourth-order valence-electron chi connectivity index (χ4n) is 3.56. The van der Waals surface area contributed by atoms with E-state index in [4.69, 9.17) is 0 Å². The molecule has 30 heavy (non-hydrogen) atoms. The summed E-state index contributed by atoms with van der Waals surface area (Å²) in [6.45, 7) is 0. The highest BCUT2D eigenvalue weighted by molar-refractivity contribution is 6.13. The first kappa shape index (κ1) is 19.3. The van der Waals surface area contributed by atoms with Crippen LogP contribution in [0, 0.1) is 0 Å². The third-order valence-electron chi connectivity index (χ3n) is 5.07. The van der Waals surface area contributed by atoms with Crippen LogP contribution in [0.5, 0.6) is 0 Å². The number of hydrogen-bond acceptors (Lipinski definition) is 3. The lowest BCUT2D eigenvalue weighted by molar-refractivity contribution is -0.138. The standard InChI is InChI=1S/C25H20N2O3/c1-27-21-15-9-8-14-19(21)20(16-22(27)28)24(25(29)30)26-23(17-10-4-2-5-11-17)18-12-6-3-7-13-18/h2-16,24H,1H3,(H,29,30). The number of aliphatic imine (C=N–C) groups is 1. The molecule has 5 heteroatoms. The zero-order valence-corrected chi connectivity index (χ0v) is 16.4. The maximum absolute atomic E-state index is 12.5. The maximum Gasteiger partial charge on any atom is 0.333 e. The number of aromatic nitrogens is 1. The molecule has 4 rings (SSSR count). The van der Waals surface area contributed by atoms with Gasteiger partial charge in [-0.1, -0.05) is 78.9 Å². The molecule has 0 spiro atoms. The van der Waals surface area contributed by atoms with Gasteiger partial charge in [0.05, 0.1) is 11.2 Å². The summed E-state index contributed by atoms with van der Waals surface area (Å²) in [5.41, 5.74) is 2.96. The fourth-order valence-corrected chi connectivity index (χ4v) is 3.56. The number of nitrogens with zero attached hydrogens (tertiary/aromatic N) is 2. The topological polar surface area (TPSA) is 71.7 Å². The number of carboxylic acid groups (broad SMARTS) is 1. The normalized spacial score (nSPS) is 11.8. The molecule has 0 saturated heterocycles. The molecule has 0 amide bonds. The Labute approximate surface area is 173 Å². The molecule has 148 valence electrons. The van der Waals surface area contributed by atoms with Crippen LogP contribution in [0.1, 0.15) is 22.7 Å². The van der Waals surface area contributed by atoms with Gasteiger partial charge in [0.2, 0.25) is 0 Å². The molecule has 1 atom stereocenters. The number of hydrogen-bond donors (Lipinski definition) is 1. The lowest BCUT2D eigenvalue weighted by Gasteiger charge is -2.16. The molecule has 5 nitrogen and oxygen atoms in total. The zero-order chi connectivity index (χ0) is 21.1. The number of carbonyl (C=O) groups is 1. The Morgan fingerprint density at radius 1 is 0.867 bits per heavy atom. The molecule has 0 fully saturated rings. The molecule has 1 aromatic heterocycles. The maximum atomic E-state index is 12.5. The molecule has 0 bridgehead atoms. The summed E-state index contributed by atoms with van der Waals surface area (Å²) >= 11 is 0. The summed E-state index contributed by atoms with van der Waals surface area (Å²) in [5.74, 6) is -1.11. The second kappa shape index (κ2) is 8.17. The van der Waals surface area contributed by atoms with Crippen molar-refractivity contribution < 1.29 is 9.90 Å². The molecule has 0 aliphatic rings. The minimum Gasteiger partial charge on any atom is -0.479 e. The van der Waals surface area contributed by atoms with Gasteiger partial charge in [0.15, 0.2) is 6.04 Å². The fraction of sp³-hybridized carbons (Fsp3) is 0.0800. The van der Waals surface area contributed by atoms with Crippen molar-refractivity contribution >= 4 is 22.6 Å². The summed E-state index contributed by atoms with van der Waals surface area (Å²) < 4.78 is 1.51.